The van der Waals surface area contributed by atoms with Gasteiger partial charge in [-0.15, -0.1) is 4.73 Å². The molecule has 1 N–H and O–H groups in total. The highest BCUT2D eigenvalue weighted by molar-refractivity contribution is 6.36. The molecule has 1 saturated heterocycles. The lowest BCUT2D eigenvalue weighted by Crippen LogP contribution is -2.31. The Bertz CT molecular complexity index is 1410. The Kier molecular flexibility index (Phi) is 6.09. The van der Waals surface area contributed by atoms with E-state index in [9.17, 15) is 9.18 Å². The lowest BCUT2D eigenvalue weighted by Gasteiger charge is -2.28. The zero-order chi connectivity index (χ0) is 24.0. The van der Waals surface area contributed by atoms with E-state index in [4.69, 9.17) is 28.0 Å². The summed E-state index contributed by atoms with van der Waals surface area (Å²) in [6.07, 6.45) is 5.09. The van der Waals surface area contributed by atoms with Crippen molar-refractivity contribution in [2.45, 2.75) is 31.9 Å². The van der Waals surface area contributed by atoms with E-state index < -0.39 is 17.6 Å². The molecule has 1 unspecified atom stereocenters. The van der Waals surface area contributed by atoms with Gasteiger partial charge in [-0.1, -0.05) is 23.2 Å². The number of benzene rings is 1. The van der Waals surface area contributed by atoms with E-state index >= 15 is 0 Å². The van der Waals surface area contributed by atoms with Crippen molar-refractivity contribution in [1.82, 2.24) is 29.4 Å². The minimum absolute atomic E-state index is 0.144. The van der Waals surface area contributed by atoms with Crippen molar-refractivity contribution in [3.63, 3.8) is 0 Å². The normalized spacial score (nSPS) is 16.3. The van der Waals surface area contributed by atoms with E-state index in [1.807, 2.05) is 10.9 Å². The number of imidazole rings is 1. The molecule has 0 amide bonds. The van der Waals surface area contributed by atoms with Gasteiger partial charge in [0.15, 0.2) is 11.8 Å². The molecule has 1 atom stereocenters. The number of hydrogen-bond donors (Lipinski definition) is 1. The van der Waals surface area contributed by atoms with Crippen LogP contribution >= 0.6 is 23.2 Å². The first-order chi connectivity index (χ1) is 16.3. The second-order valence-electron chi connectivity index (χ2n) is 8.54. The Morgan fingerprint density at radius 2 is 1.97 bits per heavy atom. The molecule has 4 heterocycles. The molecule has 0 saturated carbocycles. The minimum Gasteiger partial charge on any atom is -0.401 e. The van der Waals surface area contributed by atoms with Gasteiger partial charge in [0.25, 0.3) is 0 Å². The van der Waals surface area contributed by atoms with Crippen LogP contribution in [0.1, 0.15) is 37.5 Å². The van der Waals surface area contributed by atoms with Crippen LogP contribution in [0.4, 0.5) is 4.39 Å². The van der Waals surface area contributed by atoms with Crippen molar-refractivity contribution >= 4 is 34.4 Å². The molecule has 1 fully saturated rings. The van der Waals surface area contributed by atoms with Crippen molar-refractivity contribution in [2.75, 3.05) is 20.1 Å². The molecule has 34 heavy (non-hydrogen) atoms. The van der Waals surface area contributed by atoms with Gasteiger partial charge in [0.1, 0.15) is 11.3 Å². The summed E-state index contributed by atoms with van der Waals surface area (Å²) in [6, 6.07) is 6.49. The standard InChI is InChI=1S/C23H23Cl2FN6O2/c1-13(20-16(24)3-4-17(26)21(20)25)34-32-19-6-5-18(28-22(19)29-23(32)33)14-11-27-31(12-14)15-7-9-30(2)10-8-15/h3-6,11-13,15H,7-10H2,1-2H3,(H,28,29,33). The molecule has 1 aliphatic rings. The third-order valence-corrected chi connectivity index (χ3v) is 6.93. The number of rotatable bonds is 5. The second-order valence-corrected chi connectivity index (χ2v) is 9.32. The van der Waals surface area contributed by atoms with Crippen LogP contribution in [0.15, 0.2) is 41.5 Å². The van der Waals surface area contributed by atoms with Crippen LogP contribution < -0.4 is 10.5 Å². The van der Waals surface area contributed by atoms with E-state index in [-0.39, 0.29) is 15.6 Å². The predicted molar refractivity (Wildman–Crippen MR) is 129 cm³/mol. The van der Waals surface area contributed by atoms with Gasteiger partial charge in [-0.25, -0.2) is 14.2 Å². The Morgan fingerprint density at radius 3 is 2.74 bits per heavy atom. The van der Waals surface area contributed by atoms with Gasteiger partial charge in [-0.2, -0.15) is 5.10 Å². The molecule has 0 spiro atoms. The number of piperidine rings is 1. The number of likely N-dealkylation sites (tertiary alicyclic amines) is 1. The van der Waals surface area contributed by atoms with Gasteiger partial charge in [0.2, 0.25) is 0 Å². The Hall–Kier alpha value is -2.88. The molecule has 0 radical (unpaired) electrons. The van der Waals surface area contributed by atoms with Gasteiger partial charge in [-0.05, 0) is 64.2 Å². The number of nitrogens with zero attached hydrogens (tertiary/aromatic N) is 5. The van der Waals surface area contributed by atoms with Crippen LogP contribution in [0, 0.1) is 5.82 Å². The van der Waals surface area contributed by atoms with E-state index in [1.165, 1.54) is 12.1 Å². The third-order valence-electron chi connectivity index (χ3n) is 6.21. The maximum absolute atomic E-state index is 13.9. The van der Waals surface area contributed by atoms with Crippen LogP contribution in [0.5, 0.6) is 0 Å². The van der Waals surface area contributed by atoms with Crippen LogP contribution in [-0.2, 0) is 0 Å². The predicted octanol–water partition coefficient (Wildman–Crippen LogP) is 4.49. The zero-order valence-electron chi connectivity index (χ0n) is 18.6. The van der Waals surface area contributed by atoms with E-state index in [2.05, 4.69) is 27.0 Å². The summed E-state index contributed by atoms with van der Waals surface area (Å²) in [4.78, 5) is 28.0. The number of nitrogens with one attached hydrogen (secondary N) is 1. The average molecular weight is 505 g/mol. The van der Waals surface area contributed by atoms with Crippen molar-refractivity contribution in [3.8, 4) is 11.3 Å². The molecule has 1 aromatic carbocycles. The molecule has 5 rings (SSSR count). The van der Waals surface area contributed by atoms with Crippen LogP contribution in [0.2, 0.25) is 10.0 Å². The molecule has 1 aliphatic heterocycles. The number of pyridine rings is 1. The van der Waals surface area contributed by atoms with E-state index in [0.29, 0.717) is 22.9 Å². The van der Waals surface area contributed by atoms with Crippen LogP contribution in [-0.4, -0.2) is 49.5 Å². The Labute approximate surface area is 204 Å². The monoisotopic (exact) mass is 504 g/mol. The smallest absolute Gasteiger partial charge is 0.360 e. The highest BCUT2D eigenvalue weighted by Crippen LogP contribution is 2.33. The van der Waals surface area contributed by atoms with Crippen LogP contribution in [0.3, 0.4) is 0 Å². The topological polar surface area (TPSA) is 81.0 Å². The van der Waals surface area contributed by atoms with Crippen molar-refractivity contribution in [2.24, 2.45) is 0 Å². The van der Waals surface area contributed by atoms with Crippen molar-refractivity contribution < 1.29 is 9.23 Å². The summed E-state index contributed by atoms with van der Waals surface area (Å²) in [5, 5.41) is 4.64. The molecule has 0 aliphatic carbocycles. The van der Waals surface area contributed by atoms with Gasteiger partial charge < -0.3 is 9.74 Å². The first-order valence-corrected chi connectivity index (χ1v) is 11.7. The SMILES string of the molecule is CC(On1c(=O)[nH]c2nc(-c3cnn(C4CCN(C)CC4)c3)ccc21)c1c(Cl)ccc(F)c1Cl. The molecular weight excluding hydrogens is 482 g/mol. The van der Waals surface area contributed by atoms with Crippen LogP contribution in [0.25, 0.3) is 22.4 Å². The number of hydrogen-bond acceptors (Lipinski definition) is 5. The van der Waals surface area contributed by atoms with Gasteiger partial charge in [-0.3, -0.25) is 9.67 Å². The first kappa shape index (κ1) is 22.9. The fraction of sp³-hybridized carbons (Fsp3) is 0.348. The summed E-state index contributed by atoms with van der Waals surface area (Å²) in [5.74, 6) is -0.616. The van der Waals surface area contributed by atoms with Crippen molar-refractivity contribution in [3.05, 3.63) is 68.6 Å². The number of aromatic amines is 1. The quantitative estimate of drug-likeness (QED) is 0.405. The summed E-state index contributed by atoms with van der Waals surface area (Å²) >= 11 is 12.3. The summed E-state index contributed by atoms with van der Waals surface area (Å²) in [6.45, 7) is 3.73. The molecule has 8 nitrogen and oxygen atoms in total. The lowest BCUT2D eigenvalue weighted by molar-refractivity contribution is 0.0492. The van der Waals surface area contributed by atoms with E-state index in [0.717, 1.165) is 36.2 Å². The third kappa shape index (κ3) is 4.19. The number of H-pyrrole nitrogens is 1. The summed E-state index contributed by atoms with van der Waals surface area (Å²) < 4.78 is 17.0. The van der Waals surface area contributed by atoms with E-state index in [1.54, 1.807) is 25.3 Å². The molecule has 11 heteroatoms. The number of aromatic nitrogens is 5. The largest absolute Gasteiger partial charge is 0.401 e. The molecule has 4 aromatic rings. The average Bonchev–Trinajstić information content (AvgIpc) is 3.42. The van der Waals surface area contributed by atoms with Gasteiger partial charge in [0.05, 0.1) is 23.0 Å². The van der Waals surface area contributed by atoms with Gasteiger partial charge in [0, 0.05) is 22.3 Å². The van der Waals surface area contributed by atoms with Crippen molar-refractivity contribution in [1.29, 1.82) is 0 Å². The maximum Gasteiger partial charge on any atom is 0.360 e. The first-order valence-electron chi connectivity index (χ1n) is 11.0. The maximum atomic E-state index is 13.9. The lowest BCUT2D eigenvalue weighted by atomic mass is 10.1. The molecule has 0 bridgehead atoms. The fourth-order valence-corrected chi connectivity index (χ4v) is 4.97. The summed E-state index contributed by atoms with van der Waals surface area (Å²) in [7, 11) is 2.13. The van der Waals surface area contributed by atoms with Gasteiger partial charge >= 0.3 is 5.69 Å². The molecule has 3 aromatic heterocycles. The Balaban J connectivity index is 1.42. The highest BCUT2D eigenvalue weighted by atomic mass is 35.5. The molecule has 178 valence electrons. The number of fused-ring (bicyclic) bond motifs is 1. The zero-order valence-corrected chi connectivity index (χ0v) is 20.1. The highest BCUT2D eigenvalue weighted by Gasteiger charge is 2.22. The molecular formula is C23H23Cl2FN6O2. The second kappa shape index (κ2) is 9.05. The number of halogens is 3. The summed E-state index contributed by atoms with van der Waals surface area (Å²) in [5.41, 5.74) is 2.09. The Morgan fingerprint density at radius 1 is 1.21 bits per heavy atom. The minimum atomic E-state index is -0.792. The fourth-order valence-electron chi connectivity index (χ4n) is 4.29.